The van der Waals surface area contributed by atoms with E-state index in [1.165, 1.54) is 18.4 Å². The maximum atomic E-state index is 14.3. The van der Waals surface area contributed by atoms with Crippen molar-refractivity contribution in [3.05, 3.63) is 11.1 Å². The van der Waals surface area contributed by atoms with Crippen molar-refractivity contribution in [2.75, 3.05) is 32.7 Å². The maximum Gasteiger partial charge on any atom is 0.309 e. The fourth-order valence-electron chi connectivity index (χ4n) is 14.5. The average Bonchev–Trinajstić information content (AvgIpc) is 3.73. The molecule has 0 unspecified atom stereocenters. The van der Waals surface area contributed by atoms with E-state index in [1.807, 2.05) is 4.90 Å². The average molecular weight is 779 g/mol. The van der Waals surface area contributed by atoms with Crippen molar-refractivity contribution in [1.82, 2.24) is 9.80 Å². The number of esters is 1. The Balaban J connectivity index is 1.14. The number of aliphatic carboxylic acids is 1. The number of aliphatic hydroxyl groups excluding tert-OH is 1. The number of carbonyl (C=O) groups excluding carboxylic acids is 3. The third kappa shape index (κ3) is 6.72. The van der Waals surface area contributed by atoms with Crippen LogP contribution in [0.25, 0.3) is 0 Å². The van der Waals surface area contributed by atoms with Crippen molar-refractivity contribution in [2.24, 2.45) is 62.1 Å². The van der Waals surface area contributed by atoms with E-state index in [0.29, 0.717) is 43.7 Å². The first kappa shape index (κ1) is 41.9. The minimum Gasteiger partial charge on any atom is -0.481 e. The number of aliphatic hydroxyl groups is 1. The summed E-state index contributed by atoms with van der Waals surface area (Å²) in [5, 5.41) is 22.3. The Kier molecular flexibility index (Phi) is 10.8. The molecule has 0 aromatic rings. The molecule has 1 aliphatic heterocycles. The lowest BCUT2D eigenvalue weighted by Gasteiger charge is -2.72. The van der Waals surface area contributed by atoms with Crippen molar-refractivity contribution < 1.29 is 34.1 Å². The molecule has 9 nitrogen and oxygen atoms in total. The molecular weight excluding hydrogens is 705 g/mol. The lowest BCUT2D eigenvalue weighted by Crippen LogP contribution is -2.66. The van der Waals surface area contributed by atoms with Gasteiger partial charge >= 0.3 is 11.9 Å². The number of carbonyl (C=O) groups is 4. The molecule has 314 valence electrons. The summed E-state index contributed by atoms with van der Waals surface area (Å²) < 4.78 is 6.19. The van der Waals surface area contributed by atoms with Crippen LogP contribution in [-0.4, -0.2) is 88.6 Å². The molecule has 0 aromatic heterocycles. The number of amides is 1. The zero-order chi connectivity index (χ0) is 40.8. The smallest absolute Gasteiger partial charge is 0.309 e. The van der Waals surface area contributed by atoms with Gasteiger partial charge in [-0.05, 0) is 136 Å². The first-order valence-electron chi connectivity index (χ1n) is 22.5. The van der Waals surface area contributed by atoms with Gasteiger partial charge in [0.05, 0.1) is 17.9 Å². The number of ketones is 1. The topological polar surface area (TPSA) is 124 Å². The van der Waals surface area contributed by atoms with Gasteiger partial charge in [-0.1, -0.05) is 54.0 Å². The number of hydrogen-bond acceptors (Lipinski definition) is 7. The molecule has 7 aliphatic rings. The van der Waals surface area contributed by atoms with Crippen LogP contribution in [0.15, 0.2) is 11.1 Å². The molecule has 56 heavy (non-hydrogen) atoms. The highest BCUT2D eigenvalue weighted by atomic mass is 16.5. The number of Topliss-reactive ketones (excluding diaryl/α,β-unsaturated/α-hetero) is 1. The van der Waals surface area contributed by atoms with Gasteiger partial charge in [-0.15, -0.1) is 0 Å². The molecule has 9 atom stereocenters. The molecule has 1 amide bonds. The molecule has 1 saturated heterocycles. The fraction of sp³-hybridized carbons (Fsp3) is 0.872. The lowest BCUT2D eigenvalue weighted by molar-refractivity contribution is -0.235. The summed E-state index contributed by atoms with van der Waals surface area (Å²) in [5.41, 5.74) is 0.453. The number of fused-ring (bicyclic) bond motifs is 7. The van der Waals surface area contributed by atoms with Gasteiger partial charge in [0.15, 0.2) is 5.78 Å². The third-order valence-electron chi connectivity index (χ3n) is 18.0. The number of carboxylic acids is 1. The van der Waals surface area contributed by atoms with Crippen LogP contribution >= 0.6 is 0 Å². The Hall–Kier alpha value is -2.26. The van der Waals surface area contributed by atoms with Gasteiger partial charge in [0.25, 0.3) is 0 Å². The summed E-state index contributed by atoms with van der Waals surface area (Å²) >= 11 is 0. The summed E-state index contributed by atoms with van der Waals surface area (Å²) in [6, 6.07) is 0. The summed E-state index contributed by atoms with van der Waals surface area (Å²) in [6.45, 7) is 23.6. The maximum absolute atomic E-state index is 14.3. The first-order chi connectivity index (χ1) is 26.1. The Bertz CT molecular complexity index is 1630. The highest BCUT2D eigenvalue weighted by molar-refractivity contribution is 6.00. The number of allylic oxidation sites excluding steroid dienone is 1. The van der Waals surface area contributed by atoms with Gasteiger partial charge in [0.2, 0.25) is 5.91 Å². The highest BCUT2D eigenvalue weighted by Gasteiger charge is 2.71. The number of rotatable bonds is 13. The fourth-order valence-corrected chi connectivity index (χ4v) is 14.5. The minimum absolute atomic E-state index is 0.0209. The van der Waals surface area contributed by atoms with Gasteiger partial charge < -0.3 is 19.8 Å². The summed E-state index contributed by atoms with van der Waals surface area (Å²) in [6.07, 6.45) is 11.3. The zero-order valence-corrected chi connectivity index (χ0v) is 36.3. The molecule has 7 rings (SSSR count). The highest BCUT2D eigenvalue weighted by Crippen LogP contribution is 2.77. The van der Waals surface area contributed by atoms with Crippen molar-refractivity contribution >= 4 is 23.6 Å². The van der Waals surface area contributed by atoms with Crippen LogP contribution in [0, 0.1) is 62.1 Å². The van der Waals surface area contributed by atoms with E-state index in [9.17, 15) is 29.4 Å². The summed E-state index contributed by atoms with van der Waals surface area (Å²) in [7, 11) is 0. The van der Waals surface area contributed by atoms with E-state index < -0.39 is 28.9 Å². The van der Waals surface area contributed by atoms with Gasteiger partial charge in [0, 0.05) is 56.4 Å². The second kappa shape index (κ2) is 14.5. The lowest BCUT2D eigenvalue weighted by atomic mass is 9.33. The van der Waals surface area contributed by atoms with E-state index in [0.717, 1.165) is 83.0 Å². The Morgan fingerprint density at radius 3 is 2.27 bits per heavy atom. The van der Waals surface area contributed by atoms with Crippen molar-refractivity contribution in [3.8, 4) is 0 Å². The van der Waals surface area contributed by atoms with Crippen LogP contribution in [0.3, 0.4) is 0 Å². The number of hydrogen-bond donors (Lipinski definition) is 2. The van der Waals surface area contributed by atoms with E-state index in [2.05, 4.69) is 53.4 Å². The summed E-state index contributed by atoms with van der Waals surface area (Å²) in [4.78, 5) is 56.1. The SMILES string of the molecule is CC(C)C1=C2[C@H]3CC[C@@H]4[C@@]5(C)CC[C@H](OC(=O)CC(C)(C)C(=O)O)C(C)(C)[C@@H]5CC[C@@]4(C)[C@]3(C)CC[C@@]2([C@@H](O)CN(CCN2CCCC2=O)CC2CC2)CC1=O. The molecule has 0 spiro atoms. The molecule has 5 saturated carbocycles. The first-order valence-corrected chi connectivity index (χ1v) is 22.5. The number of ether oxygens (including phenoxy) is 1. The predicted molar refractivity (Wildman–Crippen MR) is 216 cm³/mol. The van der Waals surface area contributed by atoms with Crippen LogP contribution < -0.4 is 0 Å². The van der Waals surface area contributed by atoms with Gasteiger partial charge in [-0.2, -0.15) is 0 Å². The third-order valence-corrected chi connectivity index (χ3v) is 18.0. The molecule has 0 radical (unpaired) electrons. The molecule has 0 aromatic carbocycles. The summed E-state index contributed by atoms with van der Waals surface area (Å²) in [5.74, 6) is 0.958. The van der Waals surface area contributed by atoms with Gasteiger partial charge in [-0.3, -0.25) is 24.1 Å². The van der Waals surface area contributed by atoms with Crippen LogP contribution in [0.4, 0.5) is 0 Å². The van der Waals surface area contributed by atoms with E-state index in [1.54, 1.807) is 13.8 Å². The van der Waals surface area contributed by atoms with Crippen molar-refractivity contribution in [1.29, 1.82) is 0 Å². The van der Waals surface area contributed by atoms with E-state index in [4.69, 9.17) is 4.74 Å². The number of carboxylic acid groups (broad SMARTS) is 1. The quantitative estimate of drug-likeness (QED) is 0.180. The monoisotopic (exact) mass is 779 g/mol. The van der Waals surface area contributed by atoms with Crippen molar-refractivity contribution in [3.63, 3.8) is 0 Å². The molecular formula is C47H74N2O7. The van der Waals surface area contributed by atoms with Crippen molar-refractivity contribution in [2.45, 2.75) is 164 Å². The van der Waals surface area contributed by atoms with Gasteiger partial charge in [-0.25, -0.2) is 0 Å². The molecule has 6 aliphatic carbocycles. The Morgan fingerprint density at radius 1 is 0.929 bits per heavy atom. The van der Waals surface area contributed by atoms with Crippen LogP contribution in [0.1, 0.15) is 152 Å². The molecule has 2 N–H and O–H groups in total. The van der Waals surface area contributed by atoms with E-state index >= 15 is 0 Å². The zero-order valence-electron chi connectivity index (χ0n) is 36.3. The number of likely N-dealkylation sites (tertiary alicyclic amines) is 1. The van der Waals surface area contributed by atoms with Crippen LogP contribution in [0.2, 0.25) is 0 Å². The van der Waals surface area contributed by atoms with Crippen LogP contribution in [-0.2, 0) is 23.9 Å². The second-order valence-electron chi connectivity index (χ2n) is 22.3. The largest absolute Gasteiger partial charge is 0.481 e. The van der Waals surface area contributed by atoms with Crippen LogP contribution in [0.5, 0.6) is 0 Å². The molecule has 1 heterocycles. The molecule has 0 bridgehead atoms. The van der Waals surface area contributed by atoms with Gasteiger partial charge in [0.1, 0.15) is 6.10 Å². The normalized spacial score (nSPS) is 38.7. The Labute approximate surface area is 337 Å². The minimum atomic E-state index is -1.17. The standard InChI is InChI=1S/C47H74N2O7/c1-29(2)39-32(50)25-47(35(51)28-48(27-30-12-13-30)23-24-49-22-10-11-37(49)52)21-20-45(8)31(40(39)47)14-15-34-44(7)18-17-36(56-38(53)26-42(3,4)41(54)55)43(5,6)33(44)16-19-46(34,45)9/h29-31,33-36,51H,10-28H2,1-9H3,(H,54,55)/t31-,33+,34-,35+,36+,44+,45-,46-,47+/m1/s1. The Morgan fingerprint density at radius 2 is 1.64 bits per heavy atom. The number of nitrogens with zero attached hydrogens (tertiary/aromatic N) is 2. The van der Waals surface area contributed by atoms with E-state index in [-0.39, 0.29) is 57.7 Å². The molecule has 9 heteroatoms. The second-order valence-corrected chi connectivity index (χ2v) is 22.3. The predicted octanol–water partition coefficient (Wildman–Crippen LogP) is 8.08. The molecule has 6 fully saturated rings.